The zero-order valence-electron chi connectivity index (χ0n) is 31.7. The normalized spacial score (nSPS) is 14.3. The van der Waals surface area contributed by atoms with Crippen LogP contribution < -0.4 is 0 Å². The SMILES string of the molecule is CC(C)(C)c1cc(/C(=C(/C2=CCCC=C2)c2ccc(C#N)c(C(c3c4ccccc4cc4ccccc34)C(C)(C)C)c2)c2ccccc2)ccc1C#N. The average molecular weight is 687 g/mol. The highest BCUT2D eigenvalue weighted by Gasteiger charge is 2.33. The molecule has 1 aliphatic rings. The summed E-state index contributed by atoms with van der Waals surface area (Å²) in [5, 5.41) is 25.8. The Balaban J connectivity index is 1.60. The van der Waals surface area contributed by atoms with E-state index in [1.807, 2.05) is 12.1 Å². The number of fused-ring (bicyclic) bond motifs is 2. The Labute approximate surface area is 315 Å². The lowest BCUT2D eigenvalue weighted by molar-refractivity contribution is 0.361. The summed E-state index contributed by atoms with van der Waals surface area (Å²) in [6.45, 7) is 13.4. The largest absolute Gasteiger partial charge is 0.192 e. The maximum absolute atomic E-state index is 10.8. The quantitative estimate of drug-likeness (QED) is 0.129. The molecular formula is C51H46N2. The molecule has 0 bridgehead atoms. The van der Waals surface area contributed by atoms with Crippen LogP contribution in [0, 0.1) is 28.1 Å². The summed E-state index contributed by atoms with van der Waals surface area (Å²) in [7, 11) is 0. The summed E-state index contributed by atoms with van der Waals surface area (Å²) in [6.07, 6.45) is 8.83. The highest BCUT2D eigenvalue weighted by atomic mass is 14.4. The lowest BCUT2D eigenvalue weighted by Gasteiger charge is -2.35. The summed E-state index contributed by atoms with van der Waals surface area (Å²) in [4.78, 5) is 0. The van der Waals surface area contributed by atoms with Gasteiger partial charge in [0.2, 0.25) is 0 Å². The van der Waals surface area contributed by atoms with E-state index in [9.17, 15) is 10.5 Å². The molecular weight excluding hydrogens is 641 g/mol. The molecule has 2 heteroatoms. The molecule has 260 valence electrons. The predicted molar refractivity (Wildman–Crippen MR) is 223 cm³/mol. The van der Waals surface area contributed by atoms with Gasteiger partial charge < -0.3 is 0 Å². The minimum Gasteiger partial charge on any atom is -0.192 e. The van der Waals surface area contributed by atoms with Crippen molar-refractivity contribution in [2.24, 2.45) is 5.41 Å². The Bertz CT molecular complexity index is 2480. The highest BCUT2D eigenvalue weighted by molar-refractivity contribution is 6.06. The van der Waals surface area contributed by atoms with Crippen molar-refractivity contribution in [3.05, 3.63) is 190 Å². The molecule has 1 atom stereocenters. The van der Waals surface area contributed by atoms with Crippen LogP contribution in [0.3, 0.4) is 0 Å². The summed E-state index contributed by atoms with van der Waals surface area (Å²) < 4.78 is 0. The molecule has 0 fully saturated rings. The van der Waals surface area contributed by atoms with Crippen molar-refractivity contribution >= 4 is 32.7 Å². The number of nitrogens with zero attached hydrogens (tertiary/aromatic N) is 2. The molecule has 7 rings (SSSR count). The van der Waals surface area contributed by atoms with E-state index < -0.39 is 0 Å². The number of hydrogen-bond acceptors (Lipinski definition) is 2. The van der Waals surface area contributed by atoms with E-state index in [4.69, 9.17) is 0 Å². The molecule has 0 heterocycles. The second-order valence-corrected chi connectivity index (χ2v) is 16.3. The highest BCUT2D eigenvalue weighted by Crippen LogP contribution is 2.49. The minimum absolute atomic E-state index is 0.0900. The number of allylic oxidation sites excluding steroid dienone is 5. The molecule has 0 aromatic heterocycles. The molecule has 0 N–H and O–H groups in total. The predicted octanol–water partition coefficient (Wildman–Crippen LogP) is 13.4. The van der Waals surface area contributed by atoms with Crippen molar-refractivity contribution in [1.82, 2.24) is 0 Å². The summed E-state index contributed by atoms with van der Waals surface area (Å²) in [5.74, 6) is -0.0900. The van der Waals surface area contributed by atoms with Crippen LogP contribution >= 0.6 is 0 Å². The van der Waals surface area contributed by atoms with Gasteiger partial charge in [0.05, 0.1) is 23.3 Å². The van der Waals surface area contributed by atoms with Crippen LogP contribution in [-0.4, -0.2) is 0 Å². The summed E-state index contributed by atoms with van der Waals surface area (Å²) in [6, 6.07) is 48.1. The molecule has 0 radical (unpaired) electrons. The van der Waals surface area contributed by atoms with Crippen molar-refractivity contribution in [2.45, 2.75) is 65.7 Å². The van der Waals surface area contributed by atoms with Crippen LogP contribution in [-0.2, 0) is 5.41 Å². The second kappa shape index (κ2) is 14.2. The van der Waals surface area contributed by atoms with Gasteiger partial charge >= 0.3 is 0 Å². The van der Waals surface area contributed by atoms with Crippen LogP contribution in [0.4, 0.5) is 0 Å². The zero-order valence-corrected chi connectivity index (χ0v) is 31.7. The first-order chi connectivity index (χ1) is 25.5. The summed E-state index contributed by atoms with van der Waals surface area (Å²) >= 11 is 0. The van der Waals surface area contributed by atoms with Crippen molar-refractivity contribution in [1.29, 1.82) is 10.5 Å². The molecule has 1 unspecified atom stereocenters. The van der Waals surface area contributed by atoms with Gasteiger partial charge in [-0.3, -0.25) is 0 Å². The van der Waals surface area contributed by atoms with Gasteiger partial charge in [0.25, 0.3) is 0 Å². The minimum atomic E-state index is -0.234. The van der Waals surface area contributed by atoms with E-state index in [0.29, 0.717) is 11.1 Å². The van der Waals surface area contributed by atoms with Crippen molar-refractivity contribution in [3.63, 3.8) is 0 Å². The summed E-state index contributed by atoms with van der Waals surface area (Å²) in [5.41, 5.74) is 10.9. The number of nitriles is 2. The zero-order chi connectivity index (χ0) is 37.3. The molecule has 0 spiro atoms. The Hall–Kier alpha value is -5.96. The van der Waals surface area contributed by atoms with Crippen LogP contribution in [0.2, 0.25) is 0 Å². The first kappa shape index (κ1) is 35.4. The van der Waals surface area contributed by atoms with E-state index in [1.165, 1.54) is 27.1 Å². The van der Waals surface area contributed by atoms with E-state index in [1.54, 1.807) is 0 Å². The van der Waals surface area contributed by atoms with Crippen LogP contribution in [0.15, 0.2) is 145 Å². The number of rotatable bonds is 6. The van der Waals surface area contributed by atoms with Gasteiger partial charge in [-0.1, -0.05) is 151 Å². The van der Waals surface area contributed by atoms with E-state index in [2.05, 4.69) is 181 Å². The van der Waals surface area contributed by atoms with Gasteiger partial charge in [0.1, 0.15) is 0 Å². The third-order valence-corrected chi connectivity index (χ3v) is 10.6. The Morgan fingerprint density at radius 1 is 0.585 bits per heavy atom. The fourth-order valence-electron chi connectivity index (χ4n) is 8.21. The van der Waals surface area contributed by atoms with Gasteiger partial charge in [-0.05, 0) is 126 Å². The molecule has 0 saturated carbocycles. The molecule has 6 aromatic carbocycles. The van der Waals surface area contributed by atoms with E-state index in [0.717, 1.165) is 57.4 Å². The number of hydrogen-bond donors (Lipinski definition) is 0. The molecule has 2 nitrogen and oxygen atoms in total. The van der Waals surface area contributed by atoms with E-state index in [-0.39, 0.29) is 16.7 Å². The molecule has 0 amide bonds. The lowest BCUT2D eigenvalue weighted by atomic mass is 9.68. The Morgan fingerprint density at radius 3 is 1.74 bits per heavy atom. The van der Waals surface area contributed by atoms with Crippen LogP contribution in [0.25, 0.3) is 32.7 Å². The van der Waals surface area contributed by atoms with Gasteiger partial charge in [-0.25, -0.2) is 0 Å². The first-order valence-electron chi connectivity index (χ1n) is 18.7. The second-order valence-electron chi connectivity index (χ2n) is 16.3. The molecule has 1 aliphatic carbocycles. The average Bonchev–Trinajstić information content (AvgIpc) is 3.16. The third-order valence-electron chi connectivity index (χ3n) is 10.6. The molecule has 0 saturated heterocycles. The monoisotopic (exact) mass is 686 g/mol. The molecule has 53 heavy (non-hydrogen) atoms. The topological polar surface area (TPSA) is 47.6 Å². The van der Waals surface area contributed by atoms with Crippen molar-refractivity contribution in [3.8, 4) is 12.1 Å². The fourth-order valence-corrected chi connectivity index (χ4v) is 8.21. The molecule has 0 aliphatic heterocycles. The van der Waals surface area contributed by atoms with Gasteiger partial charge in [0, 0.05) is 5.92 Å². The van der Waals surface area contributed by atoms with Crippen LogP contribution in [0.5, 0.6) is 0 Å². The van der Waals surface area contributed by atoms with Crippen molar-refractivity contribution < 1.29 is 0 Å². The maximum Gasteiger partial charge on any atom is 0.0994 e. The van der Waals surface area contributed by atoms with Crippen LogP contribution in [0.1, 0.15) is 105 Å². The first-order valence-corrected chi connectivity index (χ1v) is 18.7. The van der Waals surface area contributed by atoms with E-state index >= 15 is 0 Å². The smallest absolute Gasteiger partial charge is 0.0994 e. The fraction of sp³-hybridized carbons (Fsp3) is 0.216. The van der Waals surface area contributed by atoms with Gasteiger partial charge in [-0.2, -0.15) is 10.5 Å². The lowest BCUT2D eigenvalue weighted by Crippen LogP contribution is -2.22. The Morgan fingerprint density at radius 2 is 1.17 bits per heavy atom. The third kappa shape index (κ3) is 6.87. The maximum atomic E-state index is 10.8. The molecule has 6 aromatic rings. The Kier molecular flexibility index (Phi) is 9.51. The van der Waals surface area contributed by atoms with Crippen molar-refractivity contribution in [2.75, 3.05) is 0 Å². The van der Waals surface area contributed by atoms with Gasteiger partial charge in [0.15, 0.2) is 0 Å². The standard InChI is InChI=1S/C51H46N2/c1-50(2,3)45-31-39(26-28-41(45)33-53)47(35-19-11-8-12-20-35)46(34-17-9-7-10-18-34)38-25-27-40(32-52)44(30-38)49(51(4,5)6)48-42-23-15-13-21-36(42)29-37-22-14-16-24-43(37)48/h8-9,11-31,49H,7,10H2,1-6H3/b47-46-. The van der Waals surface area contributed by atoms with Gasteiger partial charge in [-0.15, -0.1) is 0 Å². The number of benzene rings is 6.